The summed E-state index contributed by atoms with van der Waals surface area (Å²) in [5.74, 6) is -1.13. The SMILES string of the molecule is COc1cc(C(=O)NCC(Oc2ccc(F)cc2)C(=O)O)cc(OC)c1C. The quantitative estimate of drug-likeness (QED) is 0.734. The molecule has 1 atom stereocenters. The topological polar surface area (TPSA) is 94.1 Å². The first-order valence-electron chi connectivity index (χ1n) is 8.01. The van der Waals surface area contributed by atoms with E-state index in [1.165, 1.54) is 38.5 Å². The van der Waals surface area contributed by atoms with E-state index in [-0.39, 0.29) is 17.9 Å². The molecule has 0 aliphatic rings. The lowest BCUT2D eigenvalue weighted by atomic mass is 10.1. The second kappa shape index (κ2) is 8.88. The van der Waals surface area contributed by atoms with Crippen molar-refractivity contribution in [3.05, 3.63) is 53.3 Å². The Balaban J connectivity index is 2.09. The Kier molecular flexibility index (Phi) is 6.59. The minimum absolute atomic E-state index is 0.178. The second-order valence-corrected chi connectivity index (χ2v) is 5.61. The number of aliphatic carboxylic acids is 1. The van der Waals surface area contributed by atoms with Gasteiger partial charge in [-0.2, -0.15) is 0 Å². The van der Waals surface area contributed by atoms with Gasteiger partial charge in [0, 0.05) is 11.1 Å². The number of hydrogen-bond acceptors (Lipinski definition) is 5. The van der Waals surface area contributed by atoms with Gasteiger partial charge >= 0.3 is 5.97 Å². The van der Waals surface area contributed by atoms with Crippen LogP contribution in [0.5, 0.6) is 17.2 Å². The molecule has 0 radical (unpaired) electrons. The van der Waals surface area contributed by atoms with E-state index in [2.05, 4.69) is 5.32 Å². The number of nitrogens with one attached hydrogen (secondary N) is 1. The minimum Gasteiger partial charge on any atom is -0.496 e. The van der Waals surface area contributed by atoms with E-state index in [4.69, 9.17) is 14.2 Å². The number of amides is 1. The van der Waals surface area contributed by atoms with Crippen LogP contribution in [-0.2, 0) is 4.79 Å². The van der Waals surface area contributed by atoms with Crippen LogP contribution in [0.15, 0.2) is 36.4 Å². The molecule has 7 nitrogen and oxygen atoms in total. The van der Waals surface area contributed by atoms with Crippen LogP contribution in [0.4, 0.5) is 4.39 Å². The molecule has 0 fully saturated rings. The third-order valence-electron chi connectivity index (χ3n) is 3.83. The van der Waals surface area contributed by atoms with Gasteiger partial charge in [0.15, 0.2) is 0 Å². The summed E-state index contributed by atoms with van der Waals surface area (Å²) in [6.45, 7) is 1.50. The van der Waals surface area contributed by atoms with Gasteiger partial charge < -0.3 is 24.6 Å². The summed E-state index contributed by atoms with van der Waals surface area (Å²) >= 11 is 0. The van der Waals surface area contributed by atoms with Crippen molar-refractivity contribution < 1.29 is 33.3 Å². The maximum atomic E-state index is 12.9. The van der Waals surface area contributed by atoms with Gasteiger partial charge in [-0.25, -0.2) is 9.18 Å². The van der Waals surface area contributed by atoms with Crippen molar-refractivity contribution >= 4 is 11.9 Å². The molecule has 0 heterocycles. The Labute approximate surface area is 155 Å². The number of rotatable bonds is 8. The molecule has 144 valence electrons. The first-order valence-corrected chi connectivity index (χ1v) is 8.01. The number of carbonyl (C=O) groups is 2. The first-order chi connectivity index (χ1) is 12.8. The smallest absolute Gasteiger partial charge is 0.346 e. The Morgan fingerprint density at radius 1 is 1.11 bits per heavy atom. The maximum Gasteiger partial charge on any atom is 0.346 e. The van der Waals surface area contributed by atoms with Gasteiger partial charge in [0.2, 0.25) is 6.10 Å². The molecule has 27 heavy (non-hydrogen) atoms. The monoisotopic (exact) mass is 377 g/mol. The summed E-state index contributed by atoms with van der Waals surface area (Å²) in [6, 6.07) is 7.98. The van der Waals surface area contributed by atoms with Crippen molar-refractivity contribution in [2.75, 3.05) is 20.8 Å². The number of halogens is 1. The molecule has 0 spiro atoms. The van der Waals surface area contributed by atoms with E-state index in [9.17, 15) is 19.1 Å². The molecule has 0 saturated heterocycles. The number of benzene rings is 2. The average Bonchev–Trinajstić information content (AvgIpc) is 2.66. The van der Waals surface area contributed by atoms with Crippen molar-refractivity contribution in [1.82, 2.24) is 5.32 Å². The summed E-state index contributed by atoms with van der Waals surface area (Å²) in [7, 11) is 2.95. The highest BCUT2D eigenvalue weighted by Crippen LogP contribution is 2.29. The Hall–Kier alpha value is -3.29. The number of hydrogen-bond donors (Lipinski definition) is 2. The molecule has 2 rings (SSSR count). The molecular formula is C19H20FNO6. The van der Waals surface area contributed by atoms with Crippen molar-refractivity contribution in [2.24, 2.45) is 0 Å². The number of ether oxygens (including phenoxy) is 3. The molecular weight excluding hydrogens is 357 g/mol. The van der Waals surface area contributed by atoms with Crippen LogP contribution in [-0.4, -0.2) is 43.9 Å². The van der Waals surface area contributed by atoms with Crippen molar-refractivity contribution in [1.29, 1.82) is 0 Å². The first kappa shape index (κ1) is 20.0. The zero-order valence-electron chi connectivity index (χ0n) is 15.1. The predicted molar refractivity (Wildman–Crippen MR) is 95.1 cm³/mol. The van der Waals surface area contributed by atoms with Crippen LogP contribution in [0.2, 0.25) is 0 Å². The number of carboxylic acids is 1. The van der Waals surface area contributed by atoms with Crippen LogP contribution < -0.4 is 19.5 Å². The van der Waals surface area contributed by atoms with Crippen molar-refractivity contribution in [2.45, 2.75) is 13.0 Å². The Bertz CT molecular complexity index is 796. The standard InChI is InChI=1S/C19H20FNO6/c1-11-15(25-2)8-12(9-16(11)26-3)18(22)21-10-17(19(23)24)27-14-6-4-13(20)5-7-14/h4-9,17H,10H2,1-3H3,(H,21,22)(H,23,24). The summed E-state index contributed by atoms with van der Waals surface area (Å²) < 4.78 is 28.7. The van der Waals surface area contributed by atoms with Gasteiger partial charge in [0.25, 0.3) is 5.91 Å². The van der Waals surface area contributed by atoms with Gasteiger partial charge in [-0.15, -0.1) is 0 Å². The third-order valence-corrected chi connectivity index (χ3v) is 3.83. The third kappa shape index (κ3) is 5.10. The molecule has 2 aromatic carbocycles. The highest BCUT2D eigenvalue weighted by Gasteiger charge is 2.21. The largest absolute Gasteiger partial charge is 0.496 e. The number of carbonyl (C=O) groups excluding carboxylic acids is 1. The molecule has 2 aromatic rings. The van der Waals surface area contributed by atoms with Crippen LogP contribution in [0, 0.1) is 12.7 Å². The molecule has 0 aliphatic carbocycles. The summed E-state index contributed by atoms with van der Waals surface area (Å²) in [6.07, 6.45) is -1.34. The highest BCUT2D eigenvalue weighted by molar-refractivity contribution is 5.95. The second-order valence-electron chi connectivity index (χ2n) is 5.61. The predicted octanol–water partition coefficient (Wildman–Crippen LogP) is 2.41. The van der Waals surface area contributed by atoms with Gasteiger partial charge in [0.1, 0.15) is 23.1 Å². The fraction of sp³-hybridized carbons (Fsp3) is 0.263. The van der Waals surface area contributed by atoms with Crippen LogP contribution in [0.25, 0.3) is 0 Å². The van der Waals surface area contributed by atoms with E-state index in [0.717, 1.165) is 17.7 Å². The molecule has 0 bridgehead atoms. The van der Waals surface area contributed by atoms with E-state index in [1.54, 1.807) is 6.92 Å². The van der Waals surface area contributed by atoms with E-state index in [1.807, 2.05) is 0 Å². The number of carboxylic acid groups (broad SMARTS) is 1. The van der Waals surface area contributed by atoms with Crippen LogP contribution >= 0.6 is 0 Å². The minimum atomic E-state index is -1.34. The van der Waals surface area contributed by atoms with Gasteiger partial charge in [-0.1, -0.05) is 0 Å². The lowest BCUT2D eigenvalue weighted by Gasteiger charge is -2.17. The highest BCUT2D eigenvalue weighted by atomic mass is 19.1. The van der Waals surface area contributed by atoms with E-state index < -0.39 is 23.8 Å². The van der Waals surface area contributed by atoms with E-state index >= 15 is 0 Å². The van der Waals surface area contributed by atoms with Crippen molar-refractivity contribution in [3.8, 4) is 17.2 Å². The molecule has 0 aliphatic heterocycles. The van der Waals surface area contributed by atoms with Gasteiger partial charge in [-0.05, 0) is 43.3 Å². The zero-order chi connectivity index (χ0) is 20.0. The molecule has 0 aromatic heterocycles. The van der Waals surface area contributed by atoms with Crippen molar-refractivity contribution in [3.63, 3.8) is 0 Å². The summed E-state index contributed by atoms with van der Waals surface area (Å²) in [4.78, 5) is 23.8. The average molecular weight is 377 g/mol. The molecule has 2 N–H and O–H groups in total. The fourth-order valence-electron chi connectivity index (χ4n) is 2.36. The Morgan fingerprint density at radius 2 is 1.67 bits per heavy atom. The number of methoxy groups -OCH3 is 2. The molecule has 0 saturated carbocycles. The normalized spacial score (nSPS) is 11.4. The van der Waals surface area contributed by atoms with E-state index in [0.29, 0.717) is 11.5 Å². The van der Waals surface area contributed by atoms with Gasteiger partial charge in [-0.3, -0.25) is 4.79 Å². The Morgan fingerprint density at radius 3 is 2.15 bits per heavy atom. The summed E-state index contributed by atoms with van der Waals surface area (Å²) in [5, 5.41) is 11.8. The lowest BCUT2D eigenvalue weighted by molar-refractivity contribution is -0.144. The molecule has 1 unspecified atom stereocenters. The fourth-order valence-corrected chi connectivity index (χ4v) is 2.36. The zero-order valence-corrected chi connectivity index (χ0v) is 15.1. The van der Waals surface area contributed by atoms with Crippen LogP contribution in [0.3, 0.4) is 0 Å². The molecule has 8 heteroatoms. The maximum absolute atomic E-state index is 12.9. The van der Waals surface area contributed by atoms with Gasteiger partial charge in [0.05, 0.1) is 20.8 Å². The lowest BCUT2D eigenvalue weighted by Crippen LogP contribution is -2.40. The summed E-state index contributed by atoms with van der Waals surface area (Å²) in [5.41, 5.74) is 0.986. The van der Waals surface area contributed by atoms with Crippen LogP contribution in [0.1, 0.15) is 15.9 Å². The molecule has 1 amide bonds.